The van der Waals surface area contributed by atoms with E-state index in [-0.39, 0.29) is 18.6 Å². The van der Waals surface area contributed by atoms with Gasteiger partial charge in [0.1, 0.15) is 18.0 Å². The fourth-order valence-electron chi connectivity index (χ4n) is 2.21. The highest BCUT2D eigenvalue weighted by molar-refractivity contribution is 6.30. The predicted molar refractivity (Wildman–Crippen MR) is 72.3 cm³/mol. The van der Waals surface area contributed by atoms with E-state index in [2.05, 4.69) is 10.3 Å². The molecule has 0 radical (unpaired) electrons. The number of hydrogen-bond donors (Lipinski definition) is 2. The number of aromatic nitrogens is 1. The van der Waals surface area contributed by atoms with Gasteiger partial charge in [-0.2, -0.15) is 0 Å². The zero-order chi connectivity index (χ0) is 14.7. The molecule has 6 nitrogen and oxygen atoms in total. The van der Waals surface area contributed by atoms with Crippen LogP contribution in [0.25, 0.3) is 0 Å². The van der Waals surface area contributed by atoms with Crippen LogP contribution in [0.3, 0.4) is 0 Å². The minimum atomic E-state index is -1.10. The van der Waals surface area contributed by atoms with Gasteiger partial charge in [-0.05, 0) is 30.9 Å². The second-order valence-corrected chi connectivity index (χ2v) is 5.21. The number of pyridine rings is 1. The van der Waals surface area contributed by atoms with Crippen molar-refractivity contribution < 1.29 is 19.4 Å². The maximum atomic E-state index is 10.8. The van der Waals surface area contributed by atoms with Crippen molar-refractivity contribution in [1.29, 1.82) is 0 Å². The summed E-state index contributed by atoms with van der Waals surface area (Å²) in [6.45, 7) is 1.84. The third-order valence-electron chi connectivity index (χ3n) is 3.13. The number of nitrogens with one attached hydrogen (secondary N) is 1. The summed E-state index contributed by atoms with van der Waals surface area (Å²) in [5.74, 6) is 0.298. The van der Waals surface area contributed by atoms with Gasteiger partial charge in [-0.25, -0.2) is 9.78 Å². The first kappa shape index (κ1) is 14.6. The van der Waals surface area contributed by atoms with E-state index in [1.54, 1.807) is 13.0 Å². The SMILES string of the molecule is CC(COc1cc2c(c(Cl)n1)CC(C=O)C2)NC(=O)O. The van der Waals surface area contributed by atoms with Gasteiger partial charge in [0.2, 0.25) is 5.88 Å². The van der Waals surface area contributed by atoms with Gasteiger partial charge in [0.05, 0.1) is 6.04 Å². The number of nitrogens with zero attached hydrogens (tertiary/aromatic N) is 1. The molecule has 1 heterocycles. The highest BCUT2D eigenvalue weighted by Crippen LogP contribution is 2.32. The van der Waals surface area contributed by atoms with Crippen molar-refractivity contribution in [3.8, 4) is 5.88 Å². The molecule has 1 aliphatic rings. The van der Waals surface area contributed by atoms with E-state index in [4.69, 9.17) is 21.4 Å². The van der Waals surface area contributed by atoms with Crippen molar-refractivity contribution >= 4 is 24.0 Å². The summed E-state index contributed by atoms with van der Waals surface area (Å²) in [4.78, 5) is 25.4. The van der Waals surface area contributed by atoms with Gasteiger partial charge in [0, 0.05) is 12.0 Å². The first-order chi connectivity index (χ1) is 9.49. The summed E-state index contributed by atoms with van der Waals surface area (Å²) < 4.78 is 5.43. The average Bonchev–Trinajstić information content (AvgIpc) is 2.79. The predicted octanol–water partition coefficient (Wildman–Crippen LogP) is 1.68. The van der Waals surface area contributed by atoms with Crippen LogP contribution in [0.4, 0.5) is 4.79 Å². The maximum Gasteiger partial charge on any atom is 0.404 e. The molecule has 20 heavy (non-hydrogen) atoms. The summed E-state index contributed by atoms with van der Waals surface area (Å²) in [5, 5.41) is 11.2. The number of amides is 1. The Morgan fingerprint density at radius 3 is 3.10 bits per heavy atom. The molecule has 2 atom stereocenters. The standard InChI is InChI=1S/C13H15ClN2O4/c1-7(15-13(18)19)6-20-11-4-9-2-8(5-17)3-10(9)12(14)16-11/h4-5,7-8,15H,2-3,6H2,1H3,(H,18,19). The van der Waals surface area contributed by atoms with Crippen LogP contribution in [0.5, 0.6) is 5.88 Å². The molecule has 2 rings (SSSR count). The van der Waals surface area contributed by atoms with Gasteiger partial charge in [-0.3, -0.25) is 0 Å². The summed E-state index contributed by atoms with van der Waals surface area (Å²) >= 11 is 6.08. The van der Waals surface area contributed by atoms with Gasteiger partial charge in [-0.1, -0.05) is 11.6 Å². The normalized spacial score (nSPS) is 18.2. The summed E-state index contributed by atoms with van der Waals surface area (Å²) in [6.07, 6.45) is 1.08. The van der Waals surface area contributed by atoms with Crippen LogP contribution >= 0.6 is 11.6 Å². The number of ether oxygens (including phenoxy) is 1. The number of carbonyl (C=O) groups excluding carboxylic acids is 1. The number of halogens is 1. The average molecular weight is 299 g/mol. The van der Waals surface area contributed by atoms with E-state index in [1.165, 1.54) is 0 Å². The molecule has 2 unspecified atom stereocenters. The van der Waals surface area contributed by atoms with Crippen LogP contribution < -0.4 is 10.1 Å². The Labute approximate surface area is 121 Å². The maximum absolute atomic E-state index is 10.8. The molecule has 0 bridgehead atoms. The van der Waals surface area contributed by atoms with Gasteiger partial charge in [0.15, 0.2) is 0 Å². The van der Waals surface area contributed by atoms with Crippen molar-refractivity contribution in [2.24, 2.45) is 5.92 Å². The lowest BCUT2D eigenvalue weighted by Gasteiger charge is -2.13. The Kier molecular flexibility index (Phi) is 4.44. The molecule has 2 N–H and O–H groups in total. The Morgan fingerprint density at radius 1 is 1.70 bits per heavy atom. The van der Waals surface area contributed by atoms with Crippen molar-refractivity contribution in [2.75, 3.05) is 6.61 Å². The second-order valence-electron chi connectivity index (χ2n) is 4.85. The zero-order valence-electron chi connectivity index (χ0n) is 10.9. The van der Waals surface area contributed by atoms with Crippen molar-refractivity contribution in [3.63, 3.8) is 0 Å². The van der Waals surface area contributed by atoms with E-state index < -0.39 is 6.09 Å². The monoisotopic (exact) mass is 298 g/mol. The quantitative estimate of drug-likeness (QED) is 0.638. The lowest BCUT2D eigenvalue weighted by Crippen LogP contribution is -2.35. The molecular formula is C13H15ClN2O4. The number of fused-ring (bicyclic) bond motifs is 1. The number of carboxylic acid groups (broad SMARTS) is 1. The Hall–Kier alpha value is -1.82. The van der Waals surface area contributed by atoms with Crippen LogP contribution in [0.2, 0.25) is 5.15 Å². The molecule has 0 saturated carbocycles. The van der Waals surface area contributed by atoms with Crippen molar-refractivity contribution in [2.45, 2.75) is 25.8 Å². The van der Waals surface area contributed by atoms with Crippen LogP contribution in [0.15, 0.2) is 6.07 Å². The number of carbonyl (C=O) groups is 2. The highest BCUT2D eigenvalue weighted by atomic mass is 35.5. The molecule has 7 heteroatoms. The molecule has 1 aliphatic carbocycles. The molecule has 108 valence electrons. The van der Waals surface area contributed by atoms with Crippen LogP contribution in [0.1, 0.15) is 18.1 Å². The molecule has 0 saturated heterocycles. The molecule has 1 amide bonds. The van der Waals surface area contributed by atoms with Crippen LogP contribution in [-0.4, -0.2) is 35.1 Å². The van der Waals surface area contributed by atoms with E-state index in [1.807, 2.05) is 0 Å². The van der Waals surface area contributed by atoms with E-state index in [9.17, 15) is 9.59 Å². The minimum Gasteiger partial charge on any atom is -0.475 e. The van der Waals surface area contributed by atoms with E-state index in [0.29, 0.717) is 23.9 Å². The lowest BCUT2D eigenvalue weighted by atomic mass is 10.1. The Morgan fingerprint density at radius 2 is 2.45 bits per heavy atom. The van der Waals surface area contributed by atoms with Crippen LogP contribution in [0, 0.1) is 5.92 Å². The highest BCUT2D eigenvalue weighted by Gasteiger charge is 2.25. The third-order valence-corrected chi connectivity index (χ3v) is 3.45. The zero-order valence-corrected chi connectivity index (χ0v) is 11.7. The van der Waals surface area contributed by atoms with Gasteiger partial charge >= 0.3 is 6.09 Å². The molecule has 0 fully saturated rings. The van der Waals surface area contributed by atoms with E-state index in [0.717, 1.165) is 17.4 Å². The largest absolute Gasteiger partial charge is 0.475 e. The van der Waals surface area contributed by atoms with Crippen molar-refractivity contribution in [3.05, 3.63) is 22.3 Å². The molecular weight excluding hydrogens is 284 g/mol. The molecule has 0 spiro atoms. The number of aldehydes is 1. The first-order valence-electron chi connectivity index (χ1n) is 6.25. The molecule has 1 aromatic rings. The smallest absolute Gasteiger partial charge is 0.404 e. The van der Waals surface area contributed by atoms with Crippen molar-refractivity contribution in [1.82, 2.24) is 10.3 Å². The third kappa shape index (κ3) is 3.39. The van der Waals surface area contributed by atoms with Crippen LogP contribution in [-0.2, 0) is 17.6 Å². The van der Waals surface area contributed by atoms with Gasteiger partial charge in [-0.15, -0.1) is 0 Å². The Bertz CT molecular complexity index is 535. The fourth-order valence-corrected chi connectivity index (χ4v) is 2.49. The Balaban J connectivity index is 2.03. The molecule has 0 aliphatic heterocycles. The first-order valence-corrected chi connectivity index (χ1v) is 6.63. The fraction of sp³-hybridized carbons (Fsp3) is 0.462. The van der Waals surface area contributed by atoms with Gasteiger partial charge in [0.25, 0.3) is 0 Å². The van der Waals surface area contributed by atoms with Gasteiger partial charge < -0.3 is 20.0 Å². The number of hydrogen-bond acceptors (Lipinski definition) is 4. The minimum absolute atomic E-state index is 0.0489. The summed E-state index contributed by atoms with van der Waals surface area (Å²) in [5.41, 5.74) is 1.86. The number of rotatable bonds is 5. The second kappa shape index (κ2) is 6.09. The molecule has 1 aromatic heterocycles. The van der Waals surface area contributed by atoms with E-state index >= 15 is 0 Å². The lowest BCUT2D eigenvalue weighted by molar-refractivity contribution is -0.110. The summed E-state index contributed by atoms with van der Waals surface area (Å²) in [6, 6.07) is 1.40. The topological polar surface area (TPSA) is 88.5 Å². The summed E-state index contributed by atoms with van der Waals surface area (Å²) in [7, 11) is 0. The molecule has 0 aromatic carbocycles.